The molecule has 1 aliphatic carbocycles. The summed E-state index contributed by atoms with van der Waals surface area (Å²) in [7, 11) is 0. The Morgan fingerprint density at radius 2 is 1.82 bits per heavy atom. The number of anilines is 1. The third kappa shape index (κ3) is 3.67. The molecule has 0 spiro atoms. The van der Waals surface area contributed by atoms with Crippen LogP contribution in [0, 0.1) is 6.92 Å². The quantitative estimate of drug-likeness (QED) is 0.572. The van der Waals surface area contributed by atoms with Crippen molar-refractivity contribution in [3.05, 3.63) is 58.5 Å². The van der Waals surface area contributed by atoms with Crippen molar-refractivity contribution in [3.63, 3.8) is 0 Å². The molecule has 2 aliphatic heterocycles. The van der Waals surface area contributed by atoms with E-state index in [9.17, 15) is 8.78 Å². The topological polar surface area (TPSA) is 63.0 Å². The minimum absolute atomic E-state index is 0.107. The van der Waals surface area contributed by atoms with E-state index in [0.717, 1.165) is 54.5 Å². The molecule has 1 aromatic carbocycles. The zero-order valence-corrected chi connectivity index (χ0v) is 19.0. The number of aromatic nitrogens is 5. The van der Waals surface area contributed by atoms with Gasteiger partial charge in [-0.25, -0.2) is 13.8 Å². The molecule has 6 rings (SSSR count). The van der Waals surface area contributed by atoms with Gasteiger partial charge in [0, 0.05) is 49.4 Å². The highest BCUT2D eigenvalue weighted by molar-refractivity contribution is 6.30. The van der Waals surface area contributed by atoms with E-state index < -0.39 is 12.0 Å². The first kappa shape index (κ1) is 20.9. The van der Waals surface area contributed by atoms with Crippen molar-refractivity contribution in [1.82, 2.24) is 29.6 Å². The minimum atomic E-state index is -2.64. The van der Waals surface area contributed by atoms with Crippen LogP contribution in [0.25, 0.3) is 5.69 Å². The second-order valence-corrected chi connectivity index (χ2v) is 9.63. The number of hydrogen-bond acceptors (Lipinski definition) is 6. The van der Waals surface area contributed by atoms with Crippen LogP contribution < -0.4 is 4.90 Å². The number of aryl methyl sites for hydroxylation is 1. The summed E-state index contributed by atoms with van der Waals surface area (Å²) in [6, 6.07) is 4.92. The first-order valence-corrected chi connectivity index (χ1v) is 11.7. The zero-order chi connectivity index (χ0) is 22.7. The second-order valence-electron chi connectivity index (χ2n) is 9.20. The second kappa shape index (κ2) is 7.70. The molecule has 1 saturated carbocycles. The molecule has 1 unspecified atom stereocenters. The third-order valence-electron chi connectivity index (χ3n) is 7.00. The Hall–Kier alpha value is -2.65. The van der Waals surface area contributed by atoms with Crippen LogP contribution in [0.5, 0.6) is 0 Å². The van der Waals surface area contributed by atoms with E-state index in [-0.39, 0.29) is 12.3 Å². The van der Waals surface area contributed by atoms with Crippen molar-refractivity contribution < 1.29 is 8.78 Å². The highest BCUT2D eigenvalue weighted by Gasteiger charge is 2.60. The number of rotatable bonds is 3. The lowest BCUT2D eigenvalue weighted by molar-refractivity contribution is 0.0663. The van der Waals surface area contributed by atoms with E-state index in [2.05, 4.69) is 29.6 Å². The Labute approximate surface area is 195 Å². The van der Waals surface area contributed by atoms with Crippen LogP contribution in [0.2, 0.25) is 5.02 Å². The normalized spacial score (nSPS) is 22.5. The van der Waals surface area contributed by atoms with Gasteiger partial charge in [-0.15, -0.1) is 10.2 Å². The molecule has 0 N–H and O–H groups in total. The van der Waals surface area contributed by atoms with Gasteiger partial charge in [0.05, 0.1) is 24.0 Å². The molecule has 4 heterocycles. The molecular formula is C23H24ClF2N7. The molecule has 3 aliphatic rings. The van der Waals surface area contributed by atoms with Gasteiger partial charge in [0.1, 0.15) is 11.6 Å². The summed E-state index contributed by atoms with van der Waals surface area (Å²) in [5, 5.41) is 9.64. The van der Waals surface area contributed by atoms with E-state index in [1.807, 2.05) is 30.0 Å². The first-order chi connectivity index (χ1) is 15.9. The summed E-state index contributed by atoms with van der Waals surface area (Å²) in [6.45, 7) is 4.44. The predicted octanol–water partition coefficient (Wildman–Crippen LogP) is 4.13. The van der Waals surface area contributed by atoms with Gasteiger partial charge in [-0.3, -0.25) is 14.5 Å². The summed E-state index contributed by atoms with van der Waals surface area (Å²) in [6.07, 6.45) is 5.14. The molecule has 1 atom stereocenters. The number of alkyl halides is 2. The fourth-order valence-electron chi connectivity index (χ4n) is 5.19. The number of benzene rings is 1. The van der Waals surface area contributed by atoms with Crippen molar-refractivity contribution >= 4 is 17.4 Å². The summed E-state index contributed by atoms with van der Waals surface area (Å²) in [5.74, 6) is 0.116. The van der Waals surface area contributed by atoms with Crippen LogP contribution in [-0.2, 0) is 13.1 Å². The van der Waals surface area contributed by atoms with Gasteiger partial charge in [0.25, 0.3) is 5.92 Å². The van der Waals surface area contributed by atoms with Crippen LogP contribution in [-0.4, -0.2) is 54.7 Å². The molecule has 0 amide bonds. The molecular weight excluding hydrogens is 448 g/mol. The monoisotopic (exact) mass is 471 g/mol. The third-order valence-corrected chi connectivity index (χ3v) is 7.24. The van der Waals surface area contributed by atoms with Crippen LogP contribution in [0.4, 0.5) is 14.6 Å². The van der Waals surface area contributed by atoms with Crippen molar-refractivity contribution in [1.29, 1.82) is 0 Å². The van der Waals surface area contributed by atoms with Gasteiger partial charge in [0.15, 0.2) is 5.82 Å². The summed E-state index contributed by atoms with van der Waals surface area (Å²) >= 11 is 6.28. The average molecular weight is 472 g/mol. The van der Waals surface area contributed by atoms with Crippen LogP contribution in [0.15, 0.2) is 30.6 Å². The molecule has 33 heavy (non-hydrogen) atoms. The maximum Gasteiger partial charge on any atom is 0.265 e. The maximum absolute atomic E-state index is 13.9. The SMILES string of the molecule is Cc1nccnc1N1CCC(c2nnc3n2-c2ccc(Cl)cc2CN(C2CC2(F)F)C3)CC1. The summed E-state index contributed by atoms with van der Waals surface area (Å²) < 4.78 is 29.9. The zero-order valence-electron chi connectivity index (χ0n) is 18.3. The van der Waals surface area contributed by atoms with Crippen LogP contribution >= 0.6 is 11.6 Å². The molecule has 2 fully saturated rings. The molecule has 0 radical (unpaired) electrons. The highest BCUT2D eigenvalue weighted by atomic mass is 35.5. The van der Waals surface area contributed by atoms with E-state index in [1.54, 1.807) is 12.4 Å². The lowest BCUT2D eigenvalue weighted by atomic mass is 9.95. The predicted molar refractivity (Wildman–Crippen MR) is 120 cm³/mol. The van der Waals surface area contributed by atoms with Gasteiger partial charge >= 0.3 is 0 Å². The minimum Gasteiger partial charge on any atom is -0.355 e. The van der Waals surface area contributed by atoms with Gasteiger partial charge in [-0.05, 0) is 43.5 Å². The lowest BCUT2D eigenvalue weighted by Crippen LogP contribution is -2.35. The van der Waals surface area contributed by atoms with E-state index in [4.69, 9.17) is 11.6 Å². The molecule has 2 aromatic heterocycles. The molecule has 0 bridgehead atoms. The Morgan fingerprint density at radius 1 is 1.06 bits per heavy atom. The number of piperidine rings is 1. The van der Waals surface area contributed by atoms with Crippen LogP contribution in [0.1, 0.15) is 48.1 Å². The van der Waals surface area contributed by atoms with Crippen molar-refractivity contribution in [2.75, 3.05) is 18.0 Å². The standard InChI is InChI=1S/C23H24ClF2N7/c1-14-21(28-7-6-27-14)31-8-4-15(5-9-31)22-30-29-20-13-32(19-11-23(19,25)26)12-16-10-17(24)2-3-18(16)33(20)22/h2-3,6-7,10,15,19H,4-5,8-9,11-13H2,1H3. The smallest absolute Gasteiger partial charge is 0.265 e. The van der Waals surface area contributed by atoms with E-state index in [1.165, 1.54) is 0 Å². The molecule has 7 nitrogen and oxygen atoms in total. The first-order valence-electron chi connectivity index (χ1n) is 11.3. The summed E-state index contributed by atoms with van der Waals surface area (Å²) in [5.41, 5.74) is 2.79. The Balaban J connectivity index is 1.31. The van der Waals surface area contributed by atoms with Crippen molar-refractivity contribution in [2.24, 2.45) is 0 Å². The van der Waals surface area contributed by atoms with Crippen molar-refractivity contribution in [3.8, 4) is 5.69 Å². The van der Waals surface area contributed by atoms with Gasteiger partial charge < -0.3 is 4.90 Å². The van der Waals surface area contributed by atoms with Crippen LogP contribution in [0.3, 0.4) is 0 Å². The van der Waals surface area contributed by atoms with E-state index in [0.29, 0.717) is 23.9 Å². The average Bonchev–Trinajstić information content (AvgIpc) is 3.30. The molecule has 172 valence electrons. The fraction of sp³-hybridized carbons (Fsp3) is 0.478. The number of hydrogen-bond donors (Lipinski definition) is 0. The van der Waals surface area contributed by atoms with Gasteiger partial charge in [-0.1, -0.05) is 11.6 Å². The number of nitrogens with zero attached hydrogens (tertiary/aromatic N) is 7. The van der Waals surface area contributed by atoms with E-state index >= 15 is 0 Å². The lowest BCUT2D eigenvalue weighted by Gasteiger charge is -2.33. The Bertz CT molecular complexity index is 1210. The number of fused-ring (bicyclic) bond motifs is 3. The largest absolute Gasteiger partial charge is 0.355 e. The molecule has 1 saturated heterocycles. The van der Waals surface area contributed by atoms with Gasteiger partial charge in [-0.2, -0.15) is 0 Å². The molecule has 10 heteroatoms. The Morgan fingerprint density at radius 3 is 2.55 bits per heavy atom. The fourth-order valence-corrected chi connectivity index (χ4v) is 5.39. The highest BCUT2D eigenvalue weighted by Crippen LogP contribution is 2.47. The summed E-state index contributed by atoms with van der Waals surface area (Å²) in [4.78, 5) is 12.9. The van der Waals surface area contributed by atoms with Gasteiger partial charge in [0.2, 0.25) is 0 Å². The number of halogens is 3. The molecule has 3 aromatic rings. The maximum atomic E-state index is 13.9. The Kier molecular flexibility index (Phi) is 4.88. The van der Waals surface area contributed by atoms with Crippen molar-refractivity contribution in [2.45, 2.75) is 57.2 Å².